The predicted molar refractivity (Wildman–Crippen MR) is 74.2 cm³/mol. The van der Waals surface area contributed by atoms with E-state index in [2.05, 4.69) is 5.32 Å². The van der Waals surface area contributed by atoms with E-state index in [0.717, 1.165) is 11.3 Å². The second kappa shape index (κ2) is 5.21. The summed E-state index contributed by atoms with van der Waals surface area (Å²) in [5.41, 5.74) is 1.20. The molecule has 0 radical (unpaired) electrons. The van der Waals surface area contributed by atoms with Gasteiger partial charge in [0.25, 0.3) is 0 Å². The van der Waals surface area contributed by atoms with Crippen molar-refractivity contribution in [2.24, 2.45) is 5.41 Å². The molecular weight excluding hydrogens is 242 g/mol. The van der Waals surface area contributed by atoms with E-state index in [0.29, 0.717) is 31.1 Å². The van der Waals surface area contributed by atoms with E-state index in [4.69, 9.17) is 9.47 Å². The molecule has 1 aromatic carbocycles. The van der Waals surface area contributed by atoms with Gasteiger partial charge < -0.3 is 14.8 Å². The molecule has 4 nitrogen and oxygen atoms in total. The summed E-state index contributed by atoms with van der Waals surface area (Å²) in [5.74, 6) is 1.52. The lowest BCUT2D eigenvalue weighted by molar-refractivity contribution is 0.0837. The van der Waals surface area contributed by atoms with Gasteiger partial charge in [-0.15, -0.1) is 0 Å². The number of benzene rings is 1. The number of rotatable bonds is 4. The first kappa shape index (κ1) is 13.9. The number of hydrogen-bond donors (Lipinski definition) is 1. The van der Waals surface area contributed by atoms with Crippen LogP contribution >= 0.6 is 0 Å². The van der Waals surface area contributed by atoms with Gasteiger partial charge >= 0.3 is 0 Å². The topological polar surface area (TPSA) is 47.6 Å². The number of aryl methyl sites for hydroxylation is 1. The van der Waals surface area contributed by atoms with E-state index in [1.165, 1.54) is 0 Å². The third-order valence-electron chi connectivity index (χ3n) is 3.37. The van der Waals surface area contributed by atoms with Gasteiger partial charge in [-0.05, 0) is 31.7 Å². The van der Waals surface area contributed by atoms with E-state index in [1.807, 2.05) is 40.0 Å². The number of Topliss-reactive ketones (excluding diaryl/α,β-unsaturated/α-hetero) is 1. The van der Waals surface area contributed by atoms with Crippen LogP contribution in [0, 0.1) is 12.3 Å². The molecule has 0 fully saturated rings. The Bertz CT molecular complexity index is 494. The molecule has 1 aliphatic rings. The number of ether oxygens (including phenoxy) is 2. The van der Waals surface area contributed by atoms with Gasteiger partial charge in [0.15, 0.2) is 17.3 Å². The van der Waals surface area contributed by atoms with Crippen LogP contribution in [0.15, 0.2) is 12.1 Å². The zero-order valence-electron chi connectivity index (χ0n) is 12.0. The summed E-state index contributed by atoms with van der Waals surface area (Å²) in [7, 11) is 1.85. The van der Waals surface area contributed by atoms with E-state index < -0.39 is 5.41 Å². The van der Waals surface area contributed by atoms with Gasteiger partial charge in [-0.2, -0.15) is 0 Å². The lowest BCUT2D eigenvalue weighted by atomic mass is 9.82. The fourth-order valence-electron chi connectivity index (χ4n) is 2.32. The second-order valence-electron chi connectivity index (χ2n) is 5.55. The molecule has 1 N–H and O–H groups in total. The number of fused-ring (bicyclic) bond motifs is 1. The van der Waals surface area contributed by atoms with Crippen molar-refractivity contribution in [3.63, 3.8) is 0 Å². The van der Waals surface area contributed by atoms with Crippen LogP contribution in [0.4, 0.5) is 0 Å². The van der Waals surface area contributed by atoms with Crippen molar-refractivity contribution < 1.29 is 14.3 Å². The Labute approximate surface area is 114 Å². The van der Waals surface area contributed by atoms with Crippen LogP contribution in [0.2, 0.25) is 0 Å². The van der Waals surface area contributed by atoms with Crippen molar-refractivity contribution in [3.8, 4) is 11.5 Å². The summed E-state index contributed by atoms with van der Waals surface area (Å²) in [6, 6.07) is 3.70. The van der Waals surface area contributed by atoms with E-state index in [-0.39, 0.29) is 5.78 Å². The molecule has 104 valence electrons. The smallest absolute Gasteiger partial charge is 0.170 e. The fraction of sp³-hybridized carbons (Fsp3) is 0.533. The van der Waals surface area contributed by atoms with Crippen LogP contribution in [0.5, 0.6) is 11.5 Å². The van der Waals surface area contributed by atoms with Crippen molar-refractivity contribution in [1.82, 2.24) is 5.32 Å². The van der Waals surface area contributed by atoms with Crippen LogP contribution in [-0.4, -0.2) is 32.6 Å². The summed E-state index contributed by atoms with van der Waals surface area (Å²) in [5, 5.41) is 3.06. The van der Waals surface area contributed by atoms with Gasteiger partial charge in [-0.3, -0.25) is 4.79 Å². The molecule has 0 aliphatic carbocycles. The van der Waals surface area contributed by atoms with Gasteiger partial charge in [-0.1, -0.05) is 13.8 Å². The highest BCUT2D eigenvalue weighted by Crippen LogP contribution is 2.35. The standard InChI is InChI=1S/C15H21NO3/c1-10-7-12-13(19-6-5-18-12)8-11(10)14(17)15(2,3)9-16-4/h7-8,16H,5-6,9H2,1-4H3. The average molecular weight is 263 g/mol. The molecule has 0 saturated heterocycles. The Balaban J connectivity index is 2.37. The summed E-state index contributed by atoms with van der Waals surface area (Å²) in [6.45, 7) is 7.55. The van der Waals surface area contributed by atoms with Crippen molar-refractivity contribution in [2.75, 3.05) is 26.8 Å². The number of carbonyl (C=O) groups is 1. The monoisotopic (exact) mass is 263 g/mol. The minimum Gasteiger partial charge on any atom is -0.486 e. The zero-order valence-corrected chi connectivity index (χ0v) is 12.0. The molecular formula is C15H21NO3. The second-order valence-corrected chi connectivity index (χ2v) is 5.55. The third-order valence-corrected chi connectivity index (χ3v) is 3.37. The Morgan fingerprint density at radius 2 is 1.84 bits per heavy atom. The lowest BCUT2D eigenvalue weighted by Gasteiger charge is -2.25. The molecule has 4 heteroatoms. The third kappa shape index (κ3) is 2.73. The lowest BCUT2D eigenvalue weighted by Crippen LogP contribution is -2.35. The Hall–Kier alpha value is -1.55. The molecule has 0 spiro atoms. The first-order chi connectivity index (χ1) is 8.95. The Morgan fingerprint density at radius 1 is 1.26 bits per heavy atom. The molecule has 1 aromatic rings. The molecule has 19 heavy (non-hydrogen) atoms. The first-order valence-electron chi connectivity index (χ1n) is 6.55. The SMILES string of the molecule is CNCC(C)(C)C(=O)c1cc2c(cc1C)OCCO2. The van der Waals surface area contributed by atoms with Gasteiger partial charge in [0.05, 0.1) is 0 Å². The van der Waals surface area contributed by atoms with Crippen molar-refractivity contribution in [2.45, 2.75) is 20.8 Å². The van der Waals surface area contributed by atoms with E-state index in [9.17, 15) is 4.79 Å². The zero-order chi connectivity index (χ0) is 14.0. The predicted octanol–water partition coefficient (Wildman–Crippen LogP) is 2.19. The highest BCUT2D eigenvalue weighted by atomic mass is 16.6. The molecule has 1 heterocycles. The maximum Gasteiger partial charge on any atom is 0.170 e. The van der Waals surface area contributed by atoms with Gasteiger partial charge in [0.1, 0.15) is 13.2 Å². The van der Waals surface area contributed by atoms with Crippen LogP contribution in [0.25, 0.3) is 0 Å². The van der Waals surface area contributed by atoms with E-state index in [1.54, 1.807) is 0 Å². The molecule has 0 amide bonds. The minimum absolute atomic E-state index is 0.122. The van der Waals surface area contributed by atoms with Crippen molar-refractivity contribution in [3.05, 3.63) is 23.3 Å². The number of ketones is 1. The maximum atomic E-state index is 12.6. The normalized spacial score (nSPS) is 14.3. The van der Waals surface area contributed by atoms with Crippen molar-refractivity contribution >= 4 is 5.78 Å². The number of hydrogen-bond acceptors (Lipinski definition) is 4. The van der Waals surface area contributed by atoms with Crippen LogP contribution in [-0.2, 0) is 0 Å². The van der Waals surface area contributed by atoms with Gasteiger partial charge in [0.2, 0.25) is 0 Å². The molecule has 2 rings (SSSR count). The minimum atomic E-state index is -0.441. The molecule has 0 atom stereocenters. The molecule has 0 aromatic heterocycles. The fourth-order valence-corrected chi connectivity index (χ4v) is 2.32. The Kier molecular flexibility index (Phi) is 3.80. The maximum absolute atomic E-state index is 12.6. The van der Waals surface area contributed by atoms with E-state index >= 15 is 0 Å². The quantitative estimate of drug-likeness (QED) is 0.846. The average Bonchev–Trinajstić information content (AvgIpc) is 2.37. The number of nitrogens with one attached hydrogen (secondary N) is 1. The van der Waals surface area contributed by atoms with Crippen LogP contribution in [0.1, 0.15) is 29.8 Å². The Morgan fingerprint density at radius 3 is 2.42 bits per heavy atom. The van der Waals surface area contributed by atoms with Gasteiger partial charge in [-0.25, -0.2) is 0 Å². The molecule has 0 bridgehead atoms. The van der Waals surface area contributed by atoms with Crippen LogP contribution < -0.4 is 14.8 Å². The van der Waals surface area contributed by atoms with Gasteiger partial charge in [0, 0.05) is 17.5 Å². The summed E-state index contributed by atoms with van der Waals surface area (Å²) in [6.07, 6.45) is 0. The molecule has 0 unspecified atom stereocenters. The number of carbonyl (C=O) groups excluding carboxylic acids is 1. The summed E-state index contributed by atoms with van der Waals surface area (Å²) in [4.78, 5) is 12.6. The summed E-state index contributed by atoms with van der Waals surface area (Å²) >= 11 is 0. The molecule has 1 aliphatic heterocycles. The van der Waals surface area contributed by atoms with Crippen molar-refractivity contribution in [1.29, 1.82) is 0 Å². The molecule has 0 saturated carbocycles. The highest BCUT2D eigenvalue weighted by Gasteiger charge is 2.30. The van der Waals surface area contributed by atoms with Crippen LogP contribution in [0.3, 0.4) is 0 Å². The largest absolute Gasteiger partial charge is 0.486 e. The highest BCUT2D eigenvalue weighted by molar-refractivity contribution is 6.02. The summed E-state index contributed by atoms with van der Waals surface area (Å²) < 4.78 is 11.1. The first-order valence-corrected chi connectivity index (χ1v) is 6.55.